The summed E-state index contributed by atoms with van der Waals surface area (Å²) in [4.78, 5) is 20.2. The number of amides is 1. The van der Waals surface area contributed by atoms with Crippen LogP contribution in [0.4, 0.5) is 15.9 Å². The summed E-state index contributed by atoms with van der Waals surface area (Å²) >= 11 is 0. The normalized spacial score (nSPS) is 19.0. The Hall–Kier alpha value is -3.02. The lowest BCUT2D eigenvalue weighted by atomic mass is 9.99. The van der Waals surface area contributed by atoms with E-state index in [1.807, 2.05) is 25.1 Å². The number of halogens is 1. The number of aryl methyl sites for hydroxylation is 1. The third-order valence-electron chi connectivity index (χ3n) is 4.50. The second-order valence-electron chi connectivity index (χ2n) is 6.39. The van der Waals surface area contributed by atoms with Gasteiger partial charge in [0.2, 0.25) is 5.91 Å². The summed E-state index contributed by atoms with van der Waals surface area (Å²) in [5.74, 6) is -0.471. The first-order valence-corrected chi connectivity index (χ1v) is 8.08. The molecule has 0 unspecified atom stereocenters. The number of alkyl halides is 1. The molecular formula is C19H17FN4O. The molecule has 0 bridgehead atoms. The first kappa shape index (κ1) is 15.5. The standard InChI is InChI=1S/C19H17FN4O/c1-10-8-22-3-2-13(10)11-4-12-6-18(23-9-15(12)17(21)5-11)24-19(25)14-7-16(14)20/h2-6,8-9,14,16H,7,21H2,1H3,(H,23,24,25)/t14-,16+/m1/s1. The molecule has 3 aromatic rings. The van der Waals surface area contributed by atoms with Crippen molar-refractivity contribution in [3.8, 4) is 11.1 Å². The van der Waals surface area contributed by atoms with E-state index in [1.54, 1.807) is 24.7 Å². The molecule has 126 valence electrons. The monoisotopic (exact) mass is 336 g/mol. The fourth-order valence-electron chi connectivity index (χ4n) is 2.96. The molecule has 5 nitrogen and oxygen atoms in total. The predicted octanol–water partition coefficient (Wildman–Crippen LogP) is 3.48. The molecule has 0 radical (unpaired) electrons. The molecule has 2 heterocycles. The Morgan fingerprint density at radius 3 is 2.84 bits per heavy atom. The number of benzene rings is 1. The van der Waals surface area contributed by atoms with Crippen molar-refractivity contribution in [3.05, 3.63) is 48.4 Å². The van der Waals surface area contributed by atoms with Gasteiger partial charge < -0.3 is 11.1 Å². The van der Waals surface area contributed by atoms with E-state index in [0.29, 0.717) is 11.5 Å². The molecule has 1 fully saturated rings. The lowest BCUT2D eigenvalue weighted by molar-refractivity contribution is -0.117. The van der Waals surface area contributed by atoms with Gasteiger partial charge in [-0.05, 0) is 59.7 Å². The van der Waals surface area contributed by atoms with Crippen LogP contribution in [0.15, 0.2) is 42.9 Å². The van der Waals surface area contributed by atoms with Crippen LogP contribution in [0.3, 0.4) is 0 Å². The number of carbonyl (C=O) groups excluding carboxylic acids is 1. The van der Waals surface area contributed by atoms with Crippen molar-refractivity contribution < 1.29 is 9.18 Å². The molecule has 1 aliphatic rings. The van der Waals surface area contributed by atoms with E-state index >= 15 is 0 Å². The van der Waals surface area contributed by atoms with Crippen LogP contribution in [0.2, 0.25) is 0 Å². The molecular weight excluding hydrogens is 319 g/mol. The highest BCUT2D eigenvalue weighted by Crippen LogP contribution is 2.35. The maximum atomic E-state index is 13.0. The quantitative estimate of drug-likeness (QED) is 0.718. The van der Waals surface area contributed by atoms with Crippen LogP contribution in [0.25, 0.3) is 21.9 Å². The number of nitrogens with one attached hydrogen (secondary N) is 1. The molecule has 6 heteroatoms. The van der Waals surface area contributed by atoms with Gasteiger partial charge in [0, 0.05) is 29.7 Å². The Kier molecular flexibility index (Phi) is 3.60. The molecule has 0 saturated heterocycles. The number of anilines is 2. The zero-order chi connectivity index (χ0) is 17.6. The molecule has 25 heavy (non-hydrogen) atoms. The second kappa shape index (κ2) is 5.81. The number of pyridine rings is 2. The summed E-state index contributed by atoms with van der Waals surface area (Å²) in [6, 6.07) is 7.61. The summed E-state index contributed by atoms with van der Waals surface area (Å²) < 4.78 is 13.0. The minimum atomic E-state index is -1.03. The lowest BCUT2D eigenvalue weighted by Crippen LogP contribution is -2.15. The molecule has 2 atom stereocenters. The Morgan fingerprint density at radius 1 is 1.32 bits per heavy atom. The molecule has 0 aliphatic heterocycles. The number of carbonyl (C=O) groups is 1. The number of fused-ring (bicyclic) bond motifs is 1. The van der Waals surface area contributed by atoms with Crippen LogP contribution in [-0.4, -0.2) is 22.0 Å². The molecule has 3 N–H and O–H groups in total. The third kappa shape index (κ3) is 2.91. The van der Waals surface area contributed by atoms with E-state index < -0.39 is 12.1 Å². The zero-order valence-electron chi connectivity index (χ0n) is 13.7. The van der Waals surface area contributed by atoms with Gasteiger partial charge in [0.1, 0.15) is 12.0 Å². The lowest BCUT2D eigenvalue weighted by Gasteiger charge is -2.11. The van der Waals surface area contributed by atoms with Gasteiger partial charge in [-0.25, -0.2) is 9.37 Å². The fraction of sp³-hybridized carbons (Fsp3) is 0.211. The molecule has 1 aromatic carbocycles. The number of nitrogens with zero attached hydrogens (tertiary/aromatic N) is 2. The SMILES string of the molecule is Cc1cnccc1-c1cc(N)c2cnc(NC(=O)[C@@H]3C[C@@H]3F)cc2c1. The van der Waals surface area contributed by atoms with Crippen LogP contribution in [0, 0.1) is 12.8 Å². The number of rotatable bonds is 3. The van der Waals surface area contributed by atoms with Crippen molar-refractivity contribution in [3.63, 3.8) is 0 Å². The highest BCUT2D eigenvalue weighted by molar-refractivity contribution is 6.00. The van der Waals surface area contributed by atoms with Gasteiger partial charge in [0.15, 0.2) is 0 Å². The van der Waals surface area contributed by atoms with Gasteiger partial charge in [-0.2, -0.15) is 0 Å². The van der Waals surface area contributed by atoms with Crippen molar-refractivity contribution in [2.75, 3.05) is 11.1 Å². The number of nitrogen functional groups attached to an aromatic ring is 1. The summed E-state index contributed by atoms with van der Waals surface area (Å²) in [5, 5.41) is 4.35. The van der Waals surface area contributed by atoms with E-state index in [1.165, 1.54) is 0 Å². The van der Waals surface area contributed by atoms with Gasteiger partial charge in [0.05, 0.1) is 5.92 Å². The van der Waals surface area contributed by atoms with Crippen molar-refractivity contribution in [1.82, 2.24) is 9.97 Å². The van der Waals surface area contributed by atoms with E-state index in [2.05, 4.69) is 15.3 Å². The molecule has 1 saturated carbocycles. The highest BCUT2D eigenvalue weighted by atomic mass is 19.1. The zero-order valence-corrected chi connectivity index (χ0v) is 13.7. The summed E-state index contributed by atoms with van der Waals surface area (Å²) in [6.45, 7) is 1.99. The summed E-state index contributed by atoms with van der Waals surface area (Å²) in [5.41, 5.74) is 9.86. The Balaban J connectivity index is 1.73. The largest absolute Gasteiger partial charge is 0.398 e. The van der Waals surface area contributed by atoms with Gasteiger partial charge >= 0.3 is 0 Å². The summed E-state index contributed by atoms with van der Waals surface area (Å²) in [7, 11) is 0. The van der Waals surface area contributed by atoms with Crippen LogP contribution < -0.4 is 11.1 Å². The molecule has 2 aromatic heterocycles. The average molecular weight is 336 g/mol. The topological polar surface area (TPSA) is 80.9 Å². The predicted molar refractivity (Wildman–Crippen MR) is 95.8 cm³/mol. The minimum absolute atomic E-state index is 0.290. The Morgan fingerprint density at radius 2 is 2.12 bits per heavy atom. The van der Waals surface area contributed by atoms with Crippen molar-refractivity contribution in [1.29, 1.82) is 0 Å². The summed E-state index contributed by atoms with van der Waals surface area (Å²) in [6.07, 6.45) is 4.43. The number of hydrogen-bond acceptors (Lipinski definition) is 4. The smallest absolute Gasteiger partial charge is 0.231 e. The average Bonchev–Trinajstić information content (AvgIpc) is 3.32. The van der Waals surface area contributed by atoms with Crippen molar-refractivity contribution in [2.24, 2.45) is 5.92 Å². The number of nitrogens with two attached hydrogens (primary N) is 1. The molecule has 0 spiro atoms. The van der Waals surface area contributed by atoms with Crippen LogP contribution >= 0.6 is 0 Å². The van der Waals surface area contributed by atoms with Crippen molar-refractivity contribution >= 4 is 28.2 Å². The first-order valence-electron chi connectivity index (χ1n) is 8.08. The Labute approximate surface area is 144 Å². The highest BCUT2D eigenvalue weighted by Gasteiger charge is 2.43. The van der Waals surface area contributed by atoms with Gasteiger partial charge in [0.25, 0.3) is 0 Å². The molecule has 1 amide bonds. The van der Waals surface area contributed by atoms with Gasteiger partial charge in [-0.3, -0.25) is 9.78 Å². The van der Waals surface area contributed by atoms with E-state index in [-0.39, 0.29) is 12.3 Å². The first-order chi connectivity index (χ1) is 12.0. The second-order valence-corrected chi connectivity index (χ2v) is 6.39. The molecule has 1 aliphatic carbocycles. The molecule has 4 rings (SSSR count). The minimum Gasteiger partial charge on any atom is -0.398 e. The van der Waals surface area contributed by atoms with Crippen molar-refractivity contribution in [2.45, 2.75) is 19.5 Å². The van der Waals surface area contributed by atoms with Crippen LogP contribution in [-0.2, 0) is 4.79 Å². The van der Waals surface area contributed by atoms with E-state index in [9.17, 15) is 9.18 Å². The fourth-order valence-corrected chi connectivity index (χ4v) is 2.96. The Bertz CT molecular complexity index is 988. The maximum Gasteiger partial charge on any atom is 0.231 e. The number of hydrogen-bond donors (Lipinski definition) is 2. The van der Waals surface area contributed by atoms with Gasteiger partial charge in [-0.1, -0.05) is 0 Å². The van der Waals surface area contributed by atoms with Crippen LogP contribution in [0.5, 0.6) is 0 Å². The number of aromatic nitrogens is 2. The van der Waals surface area contributed by atoms with E-state index in [4.69, 9.17) is 5.73 Å². The van der Waals surface area contributed by atoms with Gasteiger partial charge in [-0.15, -0.1) is 0 Å². The maximum absolute atomic E-state index is 13.0. The third-order valence-corrected chi connectivity index (χ3v) is 4.50. The van der Waals surface area contributed by atoms with Crippen LogP contribution in [0.1, 0.15) is 12.0 Å². The van der Waals surface area contributed by atoms with E-state index in [0.717, 1.165) is 27.5 Å².